The average molecular weight is 484 g/mol. The number of nitriles is 1. The Morgan fingerprint density at radius 1 is 1.30 bits per heavy atom. The van der Waals surface area contributed by atoms with Crippen LogP contribution in [0, 0.1) is 17.2 Å². The first-order valence-corrected chi connectivity index (χ1v) is 9.36. The third kappa shape index (κ3) is 7.75. The Hall–Kier alpha value is -1.82. The zero-order valence-corrected chi connectivity index (χ0v) is 18.4. The van der Waals surface area contributed by atoms with Gasteiger partial charge in [0.15, 0.2) is 5.96 Å². The Morgan fingerprint density at radius 2 is 2.04 bits per heavy atom. The molecule has 1 aromatic rings. The van der Waals surface area contributed by atoms with Gasteiger partial charge in [0.2, 0.25) is 0 Å². The van der Waals surface area contributed by atoms with E-state index in [9.17, 15) is 4.79 Å². The smallest absolute Gasteiger partial charge is 0.308 e. The molecule has 0 aliphatic heterocycles. The maximum absolute atomic E-state index is 11.8. The molecular weight excluding hydrogens is 455 g/mol. The molecule has 0 unspecified atom stereocenters. The van der Waals surface area contributed by atoms with Crippen LogP contribution in [0.4, 0.5) is 0 Å². The van der Waals surface area contributed by atoms with Crippen molar-refractivity contribution in [2.45, 2.75) is 52.1 Å². The lowest BCUT2D eigenvalue weighted by Gasteiger charge is -2.29. The van der Waals surface area contributed by atoms with Gasteiger partial charge in [0.1, 0.15) is 0 Å². The summed E-state index contributed by atoms with van der Waals surface area (Å²) in [4.78, 5) is 16.5. The summed E-state index contributed by atoms with van der Waals surface area (Å²) >= 11 is 0. The zero-order chi connectivity index (χ0) is 18.8. The van der Waals surface area contributed by atoms with Crippen LogP contribution in [0.15, 0.2) is 29.3 Å². The van der Waals surface area contributed by atoms with Crippen LogP contribution in [0.3, 0.4) is 0 Å². The number of rotatable bonds is 6. The van der Waals surface area contributed by atoms with Gasteiger partial charge in [0.05, 0.1) is 30.7 Å². The SMILES string of the molecule is CCNC(=NCc1cccc(C#N)c1)NC1CCC(C(=O)OCC)CC1.I. The molecule has 27 heavy (non-hydrogen) atoms. The second kappa shape index (κ2) is 12.5. The fraction of sp³-hybridized carbons (Fsp3) is 0.550. The van der Waals surface area contributed by atoms with Crippen molar-refractivity contribution in [2.75, 3.05) is 13.2 Å². The number of nitrogens with one attached hydrogen (secondary N) is 2. The van der Waals surface area contributed by atoms with Crippen LogP contribution >= 0.6 is 24.0 Å². The third-order valence-electron chi connectivity index (χ3n) is 4.51. The minimum absolute atomic E-state index is 0. The molecule has 0 radical (unpaired) electrons. The van der Waals surface area contributed by atoms with Gasteiger partial charge in [-0.1, -0.05) is 12.1 Å². The molecule has 2 N–H and O–H groups in total. The van der Waals surface area contributed by atoms with E-state index in [0.29, 0.717) is 24.8 Å². The van der Waals surface area contributed by atoms with E-state index in [1.165, 1.54) is 0 Å². The van der Waals surface area contributed by atoms with E-state index in [1.807, 2.05) is 32.0 Å². The summed E-state index contributed by atoms with van der Waals surface area (Å²) in [6.45, 7) is 5.62. The molecule has 1 aromatic carbocycles. The normalized spacial score (nSPS) is 19.4. The van der Waals surface area contributed by atoms with Crippen LogP contribution in [-0.4, -0.2) is 31.1 Å². The Morgan fingerprint density at radius 3 is 2.67 bits per heavy atom. The molecule has 0 heterocycles. The Bertz CT molecular complexity index is 664. The zero-order valence-electron chi connectivity index (χ0n) is 16.0. The first-order valence-electron chi connectivity index (χ1n) is 9.36. The van der Waals surface area contributed by atoms with Gasteiger partial charge in [-0.3, -0.25) is 4.79 Å². The fourth-order valence-corrected chi connectivity index (χ4v) is 3.16. The standard InChI is InChI=1S/C20H28N4O2.HI/c1-3-22-20(23-14-16-7-5-6-15(12-16)13-21)24-18-10-8-17(9-11-18)19(25)26-4-2;/h5-7,12,17-18H,3-4,8-11,14H2,1-2H3,(H2,22,23,24);1H. The van der Waals surface area contributed by atoms with Gasteiger partial charge < -0.3 is 15.4 Å². The minimum atomic E-state index is -0.0658. The van der Waals surface area contributed by atoms with Gasteiger partial charge in [-0.15, -0.1) is 24.0 Å². The summed E-state index contributed by atoms with van der Waals surface area (Å²) in [5.41, 5.74) is 1.65. The van der Waals surface area contributed by atoms with Crippen LogP contribution in [-0.2, 0) is 16.1 Å². The molecule has 0 atom stereocenters. The van der Waals surface area contributed by atoms with E-state index >= 15 is 0 Å². The van der Waals surface area contributed by atoms with Crippen LogP contribution in [0.25, 0.3) is 0 Å². The van der Waals surface area contributed by atoms with Gasteiger partial charge in [0, 0.05) is 12.6 Å². The monoisotopic (exact) mass is 484 g/mol. The number of carbonyl (C=O) groups excluding carboxylic acids is 1. The maximum Gasteiger partial charge on any atom is 0.308 e. The van der Waals surface area contributed by atoms with Crippen molar-refractivity contribution in [1.29, 1.82) is 5.26 Å². The molecule has 1 saturated carbocycles. The molecule has 6 nitrogen and oxygen atoms in total. The first kappa shape index (κ1) is 23.2. The second-order valence-corrected chi connectivity index (χ2v) is 6.45. The van der Waals surface area contributed by atoms with Gasteiger partial charge in [-0.25, -0.2) is 4.99 Å². The van der Waals surface area contributed by atoms with Crippen molar-refractivity contribution >= 4 is 35.9 Å². The molecular formula is C20H29IN4O2. The van der Waals surface area contributed by atoms with E-state index in [1.54, 1.807) is 6.07 Å². The summed E-state index contributed by atoms with van der Waals surface area (Å²) in [5, 5.41) is 15.7. The number of hydrogen-bond acceptors (Lipinski definition) is 4. The Balaban J connectivity index is 0.00000364. The largest absolute Gasteiger partial charge is 0.466 e. The summed E-state index contributed by atoms with van der Waals surface area (Å²) in [5.74, 6) is 0.736. The van der Waals surface area contributed by atoms with Crippen molar-refractivity contribution in [3.63, 3.8) is 0 Å². The van der Waals surface area contributed by atoms with E-state index < -0.39 is 0 Å². The molecule has 0 aromatic heterocycles. The predicted molar refractivity (Wildman–Crippen MR) is 117 cm³/mol. The topological polar surface area (TPSA) is 86.5 Å². The van der Waals surface area contributed by atoms with E-state index in [4.69, 9.17) is 10.00 Å². The van der Waals surface area contributed by atoms with Crippen LogP contribution < -0.4 is 10.6 Å². The molecule has 0 spiro atoms. The highest BCUT2D eigenvalue weighted by Crippen LogP contribution is 2.25. The lowest BCUT2D eigenvalue weighted by Crippen LogP contribution is -2.45. The number of nitrogens with zero attached hydrogens (tertiary/aromatic N) is 2. The molecule has 0 bridgehead atoms. The van der Waals surface area contributed by atoms with E-state index in [-0.39, 0.29) is 35.9 Å². The number of hydrogen-bond donors (Lipinski definition) is 2. The molecule has 0 saturated heterocycles. The van der Waals surface area contributed by atoms with E-state index in [0.717, 1.165) is 43.8 Å². The highest BCUT2D eigenvalue weighted by atomic mass is 127. The predicted octanol–water partition coefficient (Wildman–Crippen LogP) is 3.35. The van der Waals surface area contributed by atoms with Crippen molar-refractivity contribution in [3.05, 3.63) is 35.4 Å². The Labute approximate surface area is 178 Å². The third-order valence-corrected chi connectivity index (χ3v) is 4.51. The lowest BCUT2D eigenvalue weighted by atomic mass is 9.86. The number of halogens is 1. The van der Waals surface area contributed by atoms with E-state index in [2.05, 4.69) is 21.7 Å². The van der Waals surface area contributed by atoms with Gasteiger partial charge in [0.25, 0.3) is 0 Å². The molecule has 7 heteroatoms. The number of ether oxygens (including phenoxy) is 1. The summed E-state index contributed by atoms with van der Waals surface area (Å²) in [6.07, 6.45) is 3.55. The maximum atomic E-state index is 11.8. The summed E-state index contributed by atoms with van der Waals surface area (Å²) in [7, 11) is 0. The van der Waals surface area contributed by atoms with Gasteiger partial charge in [-0.2, -0.15) is 5.26 Å². The molecule has 1 aliphatic carbocycles. The highest BCUT2D eigenvalue weighted by Gasteiger charge is 2.27. The average Bonchev–Trinajstić information content (AvgIpc) is 2.67. The fourth-order valence-electron chi connectivity index (χ4n) is 3.16. The first-order chi connectivity index (χ1) is 12.7. The molecule has 0 amide bonds. The number of benzene rings is 1. The quantitative estimate of drug-likeness (QED) is 0.280. The Kier molecular flexibility index (Phi) is 10.8. The highest BCUT2D eigenvalue weighted by molar-refractivity contribution is 14.0. The van der Waals surface area contributed by atoms with Crippen molar-refractivity contribution in [3.8, 4) is 6.07 Å². The van der Waals surface area contributed by atoms with Crippen molar-refractivity contribution in [1.82, 2.24) is 10.6 Å². The molecule has 148 valence electrons. The number of guanidine groups is 1. The van der Waals surface area contributed by atoms with Crippen molar-refractivity contribution in [2.24, 2.45) is 10.9 Å². The number of esters is 1. The second-order valence-electron chi connectivity index (χ2n) is 6.45. The van der Waals surface area contributed by atoms with Gasteiger partial charge >= 0.3 is 5.97 Å². The molecule has 1 fully saturated rings. The molecule has 1 aliphatic rings. The minimum Gasteiger partial charge on any atom is -0.466 e. The summed E-state index contributed by atoms with van der Waals surface area (Å²) < 4.78 is 5.12. The molecule has 2 rings (SSSR count). The summed E-state index contributed by atoms with van der Waals surface area (Å²) in [6, 6.07) is 9.95. The number of carbonyl (C=O) groups is 1. The number of aliphatic imine (C=N–C) groups is 1. The van der Waals surface area contributed by atoms with Crippen molar-refractivity contribution < 1.29 is 9.53 Å². The van der Waals surface area contributed by atoms with Crippen LogP contribution in [0.1, 0.15) is 50.7 Å². The van der Waals surface area contributed by atoms with Crippen LogP contribution in [0.5, 0.6) is 0 Å². The van der Waals surface area contributed by atoms with Crippen LogP contribution in [0.2, 0.25) is 0 Å². The lowest BCUT2D eigenvalue weighted by molar-refractivity contribution is -0.149. The van der Waals surface area contributed by atoms with Gasteiger partial charge in [-0.05, 0) is 57.2 Å².